The molecule has 1 saturated carbocycles. The summed E-state index contributed by atoms with van der Waals surface area (Å²) < 4.78 is 41.5. The third-order valence-corrected chi connectivity index (χ3v) is 7.06. The van der Waals surface area contributed by atoms with Crippen molar-refractivity contribution in [2.75, 3.05) is 18.9 Å². The first kappa shape index (κ1) is 27.2. The SMILES string of the molecule is N=C(N)c1ccc(OCCO/N=C(\C(=O)NC2C(=O)N(OS(=O)(=O)O)C23CCCC3)c2csc(N)n2)cc1. The second-order valence-corrected chi connectivity index (χ2v) is 10.4. The number of nitrogens with two attached hydrogens (primary N) is 2. The van der Waals surface area contributed by atoms with Gasteiger partial charge in [-0.05, 0) is 37.1 Å². The summed E-state index contributed by atoms with van der Waals surface area (Å²) in [5.74, 6) is -1.19. The van der Waals surface area contributed by atoms with Crippen molar-refractivity contribution < 1.29 is 36.4 Å². The molecule has 17 heteroatoms. The highest BCUT2D eigenvalue weighted by Crippen LogP contribution is 2.46. The minimum Gasteiger partial charge on any atom is -0.490 e. The maximum Gasteiger partial charge on any atom is 0.418 e. The summed E-state index contributed by atoms with van der Waals surface area (Å²) in [4.78, 5) is 35.2. The number of aromatic nitrogens is 1. The first-order chi connectivity index (χ1) is 18.0. The number of oxime groups is 1. The van der Waals surface area contributed by atoms with Crippen LogP contribution in [-0.4, -0.2) is 71.2 Å². The lowest BCUT2D eigenvalue weighted by atomic mass is 9.79. The van der Waals surface area contributed by atoms with Gasteiger partial charge in [-0.2, -0.15) is 13.5 Å². The molecule has 7 N–H and O–H groups in total. The lowest BCUT2D eigenvalue weighted by Crippen LogP contribution is -2.78. The van der Waals surface area contributed by atoms with Crippen molar-refractivity contribution in [2.24, 2.45) is 10.9 Å². The molecule has 2 aromatic rings. The molecule has 1 unspecified atom stereocenters. The van der Waals surface area contributed by atoms with E-state index in [0.29, 0.717) is 42.1 Å². The molecule has 2 amide bonds. The Morgan fingerprint density at radius 1 is 1.29 bits per heavy atom. The van der Waals surface area contributed by atoms with E-state index in [-0.39, 0.29) is 35.6 Å². The van der Waals surface area contributed by atoms with Gasteiger partial charge in [0, 0.05) is 10.9 Å². The van der Waals surface area contributed by atoms with Gasteiger partial charge in [-0.3, -0.25) is 19.6 Å². The summed E-state index contributed by atoms with van der Waals surface area (Å²) in [5.41, 5.74) is 10.4. The minimum absolute atomic E-state index is 0.0485. The maximum atomic E-state index is 13.2. The average molecular weight is 568 g/mol. The number of hydrogen-bond acceptors (Lipinski definition) is 12. The number of nitrogens with zero attached hydrogens (tertiary/aromatic N) is 3. The number of β-lactam (4-membered cyclic amide) rings is 1. The van der Waals surface area contributed by atoms with Crippen LogP contribution in [0.5, 0.6) is 5.75 Å². The van der Waals surface area contributed by atoms with E-state index in [1.165, 1.54) is 5.38 Å². The number of rotatable bonds is 11. The number of nitrogen functional groups attached to an aromatic ring is 2. The van der Waals surface area contributed by atoms with E-state index in [1.54, 1.807) is 24.3 Å². The summed E-state index contributed by atoms with van der Waals surface area (Å²) in [5, 5.41) is 16.1. The summed E-state index contributed by atoms with van der Waals surface area (Å²) in [6.45, 7) is 0.0241. The number of anilines is 1. The monoisotopic (exact) mass is 567 g/mol. The quantitative estimate of drug-likeness (QED) is 0.0613. The van der Waals surface area contributed by atoms with Crippen LogP contribution in [0.15, 0.2) is 34.8 Å². The fourth-order valence-electron chi connectivity index (χ4n) is 4.34. The Balaban J connectivity index is 1.42. The first-order valence-electron chi connectivity index (χ1n) is 11.3. The molecule has 0 radical (unpaired) electrons. The minimum atomic E-state index is -4.93. The fraction of sp³-hybridized carbons (Fsp3) is 0.381. The van der Waals surface area contributed by atoms with Gasteiger partial charge in [-0.25, -0.2) is 4.98 Å². The zero-order valence-corrected chi connectivity index (χ0v) is 21.5. The van der Waals surface area contributed by atoms with E-state index in [9.17, 15) is 18.0 Å². The Hall–Kier alpha value is -3.80. The number of carbonyl (C=O) groups excluding carboxylic acids is 2. The van der Waals surface area contributed by atoms with Gasteiger partial charge in [0.25, 0.3) is 11.8 Å². The molecular formula is C21H25N7O8S2. The van der Waals surface area contributed by atoms with E-state index in [0.717, 1.165) is 11.3 Å². The highest BCUT2D eigenvalue weighted by atomic mass is 32.3. The Kier molecular flexibility index (Phi) is 7.81. The van der Waals surface area contributed by atoms with Crippen LogP contribution in [0.4, 0.5) is 5.13 Å². The van der Waals surface area contributed by atoms with Gasteiger partial charge in [0.05, 0.1) is 0 Å². The van der Waals surface area contributed by atoms with Crippen molar-refractivity contribution in [3.8, 4) is 5.75 Å². The molecule has 15 nitrogen and oxygen atoms in total. The zero-order chi connectivity index (χ0) is 27.5. The predicted molar refractivity (Wildman–Crippen MR) is 135 cm³/mol. The van der Waals surface area contributed by atoms with E-state index >= 15 is 0 Å². The number of thiazole rings is 1. The van der Waals surface area contributed by atoms with E-state index in [1.807, 2.05) is 0 Å². The number of amides is 2. The standard InChI is InChI=1S/C21H25N7O8S2/c22-17(23)12-3-5-13(6-4-12)34-9-10-35-27-15(14-11-37-20(24)25-14)18(29)26-16-19(30)28(36-38(31,32)33)21(16)7-1-2-8-21/h3-6,11,16H,1-2,7-10H2,(H3,22,23)(H2,24,25)(H,26,29)(H,31,32,33)/b27-15-. The average Bonchev–Trinajstić information content (AvgIpc) is 3.53. The number of amidine groups is 1. The third kappa shape index (κ3) is 5.85. The molecule has 204 valence electrons. The predicted octanol–water partition coefficient (Wildman–Crippen LogP) is 0.183. The van der Waals surface area contributed by atoms with Gasteiger partial charge < -0.3 is 26.4 Å². The smallest absolute Gasteiger partial charge is 0.418 e. The van der Waals surface area contributed by atoms with Crippen LogP contribution in [0, 0.1) is 5.41 Å². The van der Waals surface area contributed by atoms with Gasteiger partial charge in [0.15, 0.2) is 17.5 Å². The highest BCUT2D eigenvalue weighted by Gasteiger charge is 2.64. The lowest BCUT2D eigenvalue weighted by molar-refractivity contribution is -0.225. The van der Waals surface area contributed by atoms with Crippen molar-refractivity contribution in [1.29, 1.82) is 5.41 Å². The van der Waals surface area contributed by atoms with Gasteiger partial charge >= 0.3 is 10.4 Å². The van der Waals surface area contributed by atoms with Crippen molar-refractivity contribution >= 4 is 50.2 Å². The second kappa shape index (κ2) is 10.9. The molecule has 38 heavy (non-hydrogen) atoms. The van der Waals surface area contributed by atoms with Crippen LogP contribution in [0.3, 0.4) is 0 Å². The van der Waals surface area contributed by atoms with Crippen molar-refractivity contribution in [3.63, 3.8) is 0 Å². The number of carbonyl (C=O) groups is 2. The molecule has 1 aromatic heterocycles. The molecule has 2 heterocycles. The van der Waals surface area contributed by atoms with E-state index in [2.05, 4.69) is 19.7 Å². The summed E-state index contributed by atoms with van der Waals surface area (Å²) >= 11 is 1.07. The molecule has 1 aliphatic carbocycles. The Morgan fingerprint density at radius 2 is 1.97 bits per heavy atom. The fourth-order valence-corrected chi connectivity index (χ4v) is 5.29. The molecule has 1 aliphatic heterocycles. The Morgan fingerprint density at radius 3 is 2.55 bits per heavy atom. The van der Waals surface area contributed by atoms with Crippen LogP contribution in [0.2, 0.25) is 0 Å². The number of hydrogen-bond donors (Lipinski definition) is 5. The van der Waals surface area contributed by atoms with Crippen LogP contribution >= 0.6 is 11.3 Å². The number of hydroxylamine groups is 2. The van der Waals surface area contributed by atoms with Gasteiger partial charge in [0.1, 0.15) is 35.5 Å². The van der Waals surface area contributed by atoms with Crippen molar-refractivity contribution in [3.05, 3.63) is 40.9 Å². The molecule has 2 fully saturated rings. The highest BCUT2D eigenvalue weighted by molar-refractivity contribution is 7.80. The molecular weight excluding hydrogens is 542 g/mol. The van der Waals surface area contributed by atoms with Crippen LogP contribution < -0.4 is 21.5 Å². The van der Waals surface area contributed by atoms with Gasteiger partial charge in [-0.15, -0.1) is 15.6 Å². The second-order valence-electron chi connectivity index (χ2n) is 8.48. The normalized spacial score (nSPS) is 18.8. The lowest BCUT2D eigenvalue weighted by Gasteiger charge is -2.52. The topological polar surface area (TPSA) is 233 Å². The molecule has 4 rings (SSSR count). The van der Waals surface area contributed by atoms with Crippen LogP contribution in [0.1, 0.15) is 36.9 Å². The van der Waals surface area contributed by atoms with E-state index < -0.39 is 33.8 Å². The Bertz CT molecular complexity index is 1350. The largest absolute Gasteiger partial charge is 0.490 e. The summed E-state index contributed by atoms with van der Waals surface area (Å²) in [6.07, 6.45) is 2.04. The molecule has 1 atom stereocenters. The number of ether oxygens (including phenoxy) is 1. The molecule has 1 spiro atoms. The van der Waals surface area contributed by atoms with E-state index in [4.69, 9.17) is 31.0 Å². The van der Waals surface area contributed by atoms with Crippen LogP contribution in [-0.2, 0) is 29.1 Å². The number of benzene rings is 1. The zero-order valence-electron chi connectivity index (χ0n) is 19.8. The molecule has 1 aromatic carbocycles. The maximum absolute atomic E-state index is 13.2. The van der Waals surface area contributed by atoms with Gasteiger partial charge in [0.2, 0.25) is 0 Å². The number of nitrogens with one attached hydrogen (secondary N) is 2. The van der Waals surface area contributed by atoms with Crippen molar-refractivity contribution in [2.45, 2.75) is 37.3 Å². The summed E-state index contributed by atoms with van der Waals surface area (Å²) in [6, 6.07) is 5.43. The van der Waals surface area contributed by atoms with Gasteiger partial charge in [-0.1, -0.05) is 18.0 Å². The van der Waals surface area contributed by atoms with Crippen molar-refractivity contribution in [1.82, 2.24) is 15.4 Å². The molecule has 0 bridgehead atoms. The third-order valence-electron chi connectivity index (χ3n) is 6.05. The Labute approximate surface area is 221 Å². The van der Waals surface area contributed by atoms with Crippen LogP contribution in [0.25, 0.3) is 0 Å². The molecule has 1 saturated heterocycles. The summed E-state index contributed by atoms with van der Waals surface area (Å²) in [7, 11) is -4.93. The first-order valence-corrected chi connectivity index (χ1v) is 13.6. The molecule has 2 aliphatic rings.